The van der Waals surface area contributed by atoms with Gasteiger partial charge < -0.3 is 24.6 Å². The maximum atomic E-state index is 5.70. The van der Waals surface area contributed by atoms with Crippen molar-refractivity contribution < 1.29 is 9.47 Å². The lowest BCUT2D eigenvalue weighted by Crippen LogP contribution is -2.53. The molecule has 152 valence electrons. The zero-order valence-electron chi connectivity index (χ0n) is 16.0. The first-order chi connectivity index (χ1) is 12.9. The number of nitrogens with one attached hydrogen (secondary N) is 1. The topological polar surface area (TPSA) is 75.1 Å². The summed E-state index contributed by atoms with van der Waals surface area (Å²) < 4.78 is 11.3. The first-order valence-electron chi connectivity index (χ1n) is 9.54. The third kappa shape index (κ3) is 7.04. The third-order valence-corrected chi connectivity index (χ3v) is 4.70. The summed E-state index contributed by atoms with van der Waals surface area (Å²) in [6.45, 7) is 6.84. The van der Waals surface area contributed by atoms with Crippen molar-refractivity contribution in [1.82, 2.24) is 20.2 Å². The second-order valence-corrected chi connectivity index (χ2v) is 6.56. The maximum absolute atomic E-state index is 5.70. The summed E-state index contributed by atoms with van der Waals surface area (Å²) in [5.74, 6) is 1.76. The largest absolute Gasteiger partial charge is 0.379 e. The van der Waals surface area contributed by atoms with E-state index in [1.165, 1.54) is 0 Å². The number of aromatic nitrogens is 2. The summed E-state index contributed by atoms with van der Waals surface area (Å²) in [6.07, 6.45) is 7.14. The fourth-order valence-electron chi connectivity index (χ4n) is 3.27. The number of aliphatic imine (C=N–C) groups is 1. The highest BCUT2D eigenvalue weighted by Gasteiger charge is 2.21. The summed E-state index contributed by atoms with van der Waals surface area (Å²) in [5.41, 5.74) is 0. The van der Waals surface area contributed by atoms with Crippen LogP contribution in [0.2, 0.25) is 0 Å². The Balaban J connectivity index is 0.00000261. The lowest BCUT2D eigenvalue weighted by atomic mass is 10.2. The van der Waals surface area contributed by atoms with Gasteiger partial charge in [0.15, 0.2) is 5.96 Å². The predicted octanol–water partition coefficient (Wildman–Crippen LogP) is 1.38. The Morgan fingerprint density at radius 3 is 2.74 bits per heavy atom. The van der Waals surface area contributed by atoms with Crippen LogP contribution in [-0.2, 0) is 9.47 Å². The number of halogens is 1. The molecule has 2 aliphatic rings. The van der Waals surface area contributed by atoms with E-state index in [1.54, 1.807) is 12.4 Å². The monoisotopic (exact) mass is 490 g/mol. The Morgan fingerprint density at radius 2 is 2.07 bits per heavy atom. The van der Waals surface area contributed by atoms with E-state index in [-0.39, 0.29) is 24.0 Å². The molecule has 0 aliphatic carbocycles. The van der Waals surface area contributed by atoms with Gasteiger partial charge in [0.25, 0.3) is 0 Å². The van der Waals surface area contributed by atoms with Gasteiger partial charge in [0.2, 0.25) is 5.95 Å². The highest BCUT2D eigenvalue weighted by Crippen LogP contribution is 2.12. The Morgan fingerprint density at radius 1 is 1.30 bits per heavy atom. The number of anilines is 1. The quantitative estimate of drug-likeness (QED) is 0.268. The van der Waals surface area contributed by atoms with Gasteiger partial charge in [0.1, 0.15) is 0 Å². The van der Waals surface area contributed by atoms with Gasteiger partial charge in [-0.3, -0.25) is 4.99 Å². The lowest BCUT2D eigenvalue weighted by molar-refractivity contribution is 0.0168. The Bertz CT molecular complexity index is 548. The minimum absolute atomic E-state index is 0. The summed E-state index contributed by atoms with van der Waals surface area (Å²) >= 11 is 0. The summed E-state index contributed by atoms with van der Waals surface area (Å²) in [7, 11) is 1.84. The molecule has 1 unspecified atom stereocenters. The smallest absolute Gasteiger partial charge is 0.225 e. The standard InChI is InChI=1S/C18H30N6O2.HI/c1-19-17(20-8-4-13-25-15-16-5-2-14-26-16)23-9-11-24(12-10-23)18-21-6-3-7-22-18;/h3,6-7,16H,2,4-5,8-15H2,1H3,(H,19,20);1H. The van der Waals surface area contributed by atoms with E-state index >= 15 is 0 Å². The highest BCUT2D eigenvalue weighted by atomic mass is 127. The minimum atomic E-state index is 0. The van der Waals surface area contributed by atoms with Crippen LogP contribution in [0.15, 0.2) is 23.5 Å². The average Bonchev–Trinajstić information content (AvgIpc) is 3.22. The van der Waals surface area contributed by atoms with Crippen molar-refractivity contribution in [3.8, 4) is 0 Å². The molecule has 0 amide bonds. The number of hydrogen-bond acceptors (Lipinski definition) is 6. The fourth-order valence-corrected chi connectivity index (χ4v) is 3.27. The van der Waals surface area contributed by atoms with Gasteiger partial charge in [0.05, 0.1) is 12.7 Å². The predicted molar refractivity (Wildman–Crippen MR) is 117 cm³/mol. The second-order valence-electron chi connectivity index (χ2n) is 6.56. The van der Waals surface area contributed by atoms with Crippen molar-refractivity contribution in [2.75, 3.05) is 64.5 Å². The van der Waals surface area contributed by atoms with Crippen molar-refractivity contribution >= 4 is 35.9 Å². The first-order valence-corrected chi connectivity index (χ1v) is 9.54. The molecule has 1 aromatic heterocycles. The van der Waals surface area contributed by atoms with E-state index in [4.69, 9.17) is 9.47 Å². The number of rotatable bonds is 7. The van der Waals surface area contributed by atoms with Crippen molar-refractivity contribution in [1.29, 1.82) is 0 Å². The summed E-state index contributed by atoms with van der Waals surface area (Å²) in [4.78, 5) is 17.6. The molecule has 3 rings (SSSR count). The van der Waals surface area contributed by atoms with Gasteiger partial charge in [0, 0.05) is 65.4 Å². The van der Waals surface area contributed by atoms with Gasteiger partial charge in [-0.05, 0) is 25.3 Å². The third-order valence-electron chi connectivity index (χ3n) is 4.70. The molecule has 1 aromatic rings. The van der Waals surface area contributed by atoms with Gasteiger partial charge in [-0.15, -0.1) is 24.0 Å². The van der Waals surface area contributed by atoms with Crippen LogP contribution in [-0.4, -0.2) is 86.5 Å². The van der Waals surface area contributed by atoms with Crippen LogP contribution in [0.25, 0.3) is 0 Å². The fraction of sp³-hybridized carbons (Fsp3) is 0.722. The van der Waals surface area contributed by atoms with Crippen LogP contribution in [0.3, 0.4) is 0 Å². The lowest BCUT2D eigenvalue weighted by Gasteiger charge is -2.36. The van der Waals surface area contributed by atoms with Crippen molar-refractivity contribution in [3.63, 3.8) is 0 Å². The molecule has 2 aliphatic heterocycles. The Hall–Kier alpha value is -1.20. The van der Waals surface area contributed by atoms with Crippen LogP contribution in [0.5, 0.6) is 0 Å². The van der Waals surface area contributed by atoms with Crippen LogP contribution in [0.1, 0.15) is 19.3 Å². The SMILES string of the molecule is CN=C(NCCCOCC1CCCO1)N1CCN(c2ncccn2)CC1.I. The Labute approximate surface area is 178 Å². The second kappa shape index (κ2) is 12.3. The molecular weight excluding hydrogens is 459 g/mol. The normalized spacial score (nSPS) is 20.5. The van der Waals surface area contributed by atoms with Gasteiger partial charge in [-0.25, -0.2) is 9.97 Å². The molecular formula is C18H31IN6O2. The molecule has 0 saturated carbocycles. The number of nitrogens with zero attached hydrogens (tertiary/aromatic N) is 5. The molecule has 3 heterocycles. The molecule has 1 N–H and O–H groups in total. The van der Waals surface area contributed by atoms with Gasteiger partial charge in [-0.2, -0.15) is 0 Å². The molecule has 0 bridgehead atoms. The van der Waals surface area contributed by atoms with Gasteiger partial charge in [-0.1, -0.05) is 0 Å². The molecule has 0 spiro atoms. The number of hydrogen-bond donors (Lipinski definition) is 1. The average molecular weight is 490 g/mol. The molecule has 2 saturated heterocycles. The van der Waals surface area contributed by atoms with Crippen molar-refractivity contribution in [3.05, 3.63) is 18.5 Å². The van der Waals surface area contributed by atoms with Crippen LogP contribution >= 0.6 is 24.0 Å². The van der Waals surface area contributed by atoms with Crippen LogP contribution < -0.4 is 10.2 Å². The van der Waals surface area contributed by atoms with E-state index in [9.17, 15) is 0 Å². The molecule has 2 fully saturated rings. The number of piperazine rings is 1. The summed E-state index contributed by atoms with van der Waals surface area (Å²) in [6, 6.07) is 1.84. The highest BCUT2D eigenvalue weighted by molar-refractivity contribution is 14.0. The first kappa shape index (κ1) is 22.1. The van der Waals surface area contributed by atoms with E-state index in [2.05, 4.69) is 30.1 Å². The molecule has 27 heavy (non-hydrogen) atoms. The van der Waals surface area contributed by atoms with E-state index < -0.39 is 0 Å². The van der Waals surface area contributed by atoms with E-state index in [1.807, 2.05) is 13.1 Å². The minimum Gasteiger partial charge on any atom is -0.379 e. The molecule has 9 heteroatoms. The number of guanidine groups is 1. The molecule has 0 radical (unpaired) electrons. The summed E-state index contributed by atoms with van der Waals surface area (Å²) in [5, 5.41) is 3.44. The Kier molecular flexibility index (Phi) is 10.1. The zero-order chi connectivity index (χ0) is 18.0. The van der Waals surface area contributed by atoms with Gasteiger partial charge >= 0.3 is 0 Å². The molecule has 0 aromatic carbocycles. The molecule has 1 atom stereocenters. The molecule has 8 nitrogen and oxygen atoms in total. The van der Waals surface area contributed by atoms with E-state index in [0.717, 1.165) is 83.7 Å². The van der Waals surface area contributed by atoms with Crippen LogP contribution in [0, 0.1) is 0 Å². The van der Waals surface area contributed by atoms with Crippen molar-refractivity contribution in [2.24, 2.45) is 4.99 Å². The number of ether oxygens (including phenoxy) is 2. The van der Waals surface area contributed by atoms with Crippen LogP contribution in [0.4, 0.5) is 5.95 Å². The van der Waals surface area contributed by atoms with Crippen molar-refractivity contribution in [2.45, 2.75) is 25.4 Å². The zero-order valence-corrected chi connectivity index (χ0v) is 18.4. The van der Waals surface area contributed by atoms with E-state index in [0.29, 0.717) is 6.10 Å². The maximum Gasteiger partial charge on any atom is 0.225 e.